The van der Waals surface area contributed by atoms with E-state index in [2.05, 4.69) is 16.4 Å². The van der Waals surface area contributed by atoms with Crippen LogP contribution in [-0.2, 0) is 4.79 Å². The van der Waals surface area contributed by atoms with Crippen LogP contribution in [0.2, 0.25) is 0 Å². The van der Waals surface area contributed by atoms with E-state index in [0.29, 0.717) is 12.8 Å². The third-order valence-electron chi connectivity index (χ3n) is 3.74. The lowest BCUT2D eigenvalue weighted by Crippen LogP contribution is -2.49. The molecule has 0 bridgehead atoms. The number of carboxylic acids is 1. The van der Waals surface area contributed by atoms with Crippen molar-refractivity contribution in [3.63, 3.8) is 0 Å². The molecule has 5 nitrogen and oxygen atoms in total. The molecule has 5 heteroatoms. The van der Waals surface area contributed by atoms with Crippen molar-refractivity contribution >= 4 is 5.97 Å². The van der Waals surface area contributed by atoms with Gasteiger partial charge in [-0.2, -0.15) is 5.26 Å². The molecule has 106 valence electrons. The topological polar surface area (TPSA) is 86.0 Å². The van der Waals surface area contributed by atoms with Gasteiger partial charge in [0.15, 0.2) is 0 Å². The van der Waals surface area contributed by atoms with Gasteiger partial charge in [0.1, 0.15) is 5.54 Å². The molecule has 0 saturated carbocycles. The van der Waals surface area contributed by atoms with E-state index < -0.39 is 11.5 Å². The first-order valence-corrected chi connectivity index (χ1v) is 6.80. The SMILES string of the molecule is CC(C)C[C@@]1(C(=O)O)C[C@@H](C#N)[C@H](c2ccccn2)N1. The van der Waals surface area contributed by atoms with E-state index in [1.54, 1.807) is 12.3 Å². The Morgan fingerprint density at radius 2 is 2.40 bits per heavy atom. The summed E-state index contributed by atoms with van der Waals surface area (Å²) in [4.78, 5) is 16.0. The molecule has 0 spiro atoms. The normalized spacial score (nSPS) is 29.3. The summed E-state index contributed by atoms with van der Waals surface area (Å²) in [6.07, 6.45) is 2.48. The molecule has 0 unspecified atom stereocenters. The fourth-order valence-corrected chi connectivity index (χ4v) is 2.99. The first-order valence-electron chi connectivity index (χ1n) is 6.80. The van der Waals surface area contributed by atoms with E-state index in [-0.39, 0.29) is 17.9 Å². The van der Waals surface area contributed by atoms with Gasteiger partial charge in [0.25, 0.3) is 0 Å². The van der Waals surface area contributed by atoms with Crippen LogP contribution in [0.25, 0.3) is 0 Å². The largest absolute Gasteiger partial charge is 0.480 e. The molecule has 0 radical (unpaired) electrons. The first-order chi connectivity index (χ1) is 9.48. The number of carboxylic acid groups (broad SMARTS) is 1. The Labute approximate surface area is 118 Å². The lowest BCUT2D eigenvalue weighted by Gasteiger charge is -2.27. The van der Waals surface area contributed by atoms with Crippen molar-refractivity contribution in [3.05, 3.63) is 30.1 Å². The number of aromatic nitrogens is 1. The molecule has 2 rings (SSSR count). The van der Waals surface area contributed by atoms with Gasteiger partial charge in [0.2, 0.25) is 0 Å². The molecule has 1 aromatic heterocycles. The van der Waals surface area contributed by atoms with Gasteiger partial charge in [-0.1, -0.05) is 19.9 Å². The van der Waals surface area contributed by atoms with Crippen molar-refractivity contribution in [2.75, 3.05) is 0 Å². The van der Waals surface area contributed by atoms with E-state index in [1.165, 1.54) is 0 Å². The average molecular weight is 273 g/mol. The van der Waals surface area contributed by atoms with Gasteiger partial charge in [-0.3, -0.25) is 15.1 Å². The molecule has 1 saturated heterocycles. The molecule has 1 aliphatic heterocycles. The number of aliphatic carboxylic acids is 1. The molecule has 2 heterocycles. The third-order valence-corrected chi connectivity index (χ3v) is 3.74. The Morgan fingerprint density at radius 1 is 1.65 bits per heavy atom. The van der Waals surface area contributed by atoms with Gasteiger partial charge >= 0.3 is 5.97 Å². The molecular formula is C15H19N3O2. The summed E-state index contributed by atoms with van der Waals surface area (Å²) in [5.41, 5.74) is -0.303. The summed E-state index contributed by atoms with van der Waals surface area (Å²) >= 11 is 0. The van der Waals surface area contributed by atoms with Gasteiger partial charge in [-0.15, -0.1) is 0 Å². The lowest BCUT2D eigenvalue weighted by atomic mass is 9.85. The maximum Gasteiger partial charge on any atom is 0.323 e. The Balaban J connectivity index is 2.33. The highest BCUT2D eigenvalue weighted by Gasteiger charge is 2.51. The number of nitriles is 1. The quantitative estimate of drug-likeness (QED) is 0.877. The number of hydrogen-bond donors (Lipinski definition) is 2. The molecule has 3 atom stereocenters. The Bertz CT molecular complexity index is 524. The zero-order valence-corrected chi connectivity index (χ0v) is 11.7. The number of hydrogen-bond acceptors (Lipinski definition) is 4. The standard InChI is InChI=1S/C15H19N3O2/c1-10(2)7-15(14(19)20)8-11(9-16)13(18-15)12-5-3-4-6-17-12/h3-6,10-11,13,18H,7-8H2,1-2H3,(H,19,20)/t11-,13+,15-/m0/s1. The monoisotopic (exact) mass is 273 g/mol. The molecule has 0 aliphatic carbocycles. The Hall–Kier alpha value is -1.93. The average Bonchev–Trinajstić information content (AvgIpc) is 2.79. The summed E-state index contributed by atoms with van der Waals surface area (Å²) in [6.45, 7) is 3.98. The molecule has 1 fully saturated rings. The van der Waals surface area contributed by atoms with Gasteiger partial charge in [-0.05, 0) is 30.9 Å². The lowest BCUT2D eigenvalue weighted by molar-refractivity contribution is -0.145. The van der Waals surface area contributed by atoms with Crippen LogP contribution < -0.4 is 5.32 Å². The maximum absolute atomic E-state index is 11.7. The van der Waals surface area contributed by atoms with E-state index in [9.17, 15) is 15.2 Å². The van der Waals surface area contributed by atoms with Crippen LogP contribution >= 0.6 is 0 Å². The predicted octanol–water partition coefficient (Wildman–Crippen LogP) is 2.13. The smallest absolute Gasteiger partial charge is 0.323 e. The van der Waals surface area contributed by atoms with Crippen LogP contribution in [-0.4, -0.2) is 21.6 Å². The fraction of sp³-hybridized carbons (Fsp3) is 0.533. The highest BCUT2D eigenvalue weighted by molar-refractivity contribution is 5.79. The Kier molecular flexibility index (Phi) is 4.05. The second-order valence-electron chi connectivity index (χ2n) is 5.80. The summed E-state index contributed by atoms with van der Waals surface area (Å²) in [5, 5.41) is 22.1. The van der Waals surface area contributed by atoms with E-state index >= 15 is 0 Å². The fourth-order valence-electron chi connectivity index (χ4n) is 2.99. The zero-order chi connectivity index (χ0) is 14.8. The summed E-state index contributed by atoms with van der Waals surface area (Å²) < 4.78 is 0. The van der Waals surface area contributed by atoms with Crippen molar-refractivity contribution in [2.45, 2.75) is 38.3 Å². The second-order valence-corrected chi connectivity index (χ2v) is 5.80. The van der Waals surface area contributed by atoms with Crippen LogP contribution in [0.4, 0.5) is 0 Å². The zero-order valence-electron chi connectivity index (χ0n) is 11.7. The first kappa shape index (κ1) is 14.5. The minimum atomic E-state index is -1.03. The van der Waals surface area contributed by atoms with Crippen LogP contribution in [0.3, 0.4) is 0 Å². The number of nitrogens with one attached hydrogen (secondary N) is 1. The third kappa shape index (κ3) is 2.66. The van der Waals surface area contributed by atoms with Crippen molar-refractivity contribution in [1.82, 2.24) is 10.3 Å². The van der Waals surface area contributed by atoms with Gasteiger partial charge in [0.05, 0.1) is 23.7 Å². The Morgan fingerprint density at radius 3 is 2.90 bits per heavy atom. The number of nitrogens with zero attached hydrogens (tertiary/aromatic N) is 2. The van der Waals surface area contributed by atoms with E-state index in [1.807, 2.05) is 26.0 Å². The van der Waals surface area contributed by atoms with Crippen LogP contribution in [0.5, 0.6) is 0 Å². The highest BCUT2D eigenvalue weighted by Crippen LogP contribution is 2.40. The minimum absolute atomic E-state index is 0.237. The van der Waals surface area contributed by atoms with E-state index in [0.717, 1.165) is 5.69 Å². The number of pyridine rings is 1. The molecule has 1 aromatic rings. The molecule has 1 aliphatic rings. The van der Waals surface area contributed by atoms with Crippen molar-refractivity contribution in [2.24, 2.45) is 11.8 Å². The second kappa shape index (κ2) is 5.59. The van der Waals surface area contributed by atoms with Crippen LogP contribution in [0.1, 0.15) is 38.4 Å². The summed E-state index contributed by atoms with van der Waals surface area (Å²) in [5.74, 6) is -1.02. The summed E-state index contributed by atoms with van der Waals surface area (Å²) in [6, 6.07) is 7.39. The molecule has 0 amide bonds. The predicted molar refractivity (Wildman–Crippen MR) is 73.7 cm³/mol. The van der Waals surface area contributed by atoms with Crippen LogP contribution in [0.15, 0.2) is 24.4 Å². The highest BCUT2D eigenvalue weighted by atomic mass is 16.4. The van der Waals surface area contributed by atoms with Gasteiger partial charge in [0, 0.05) is 6.20 Å². The number of rotatable bonds is 4. The maximum atomic E-state index is 11.7. The van der Waals surface area contributed by atoms with Crippen molar-refractivity contribution in [1.29, 1.82) is 5.26 Å². The van der Waals surface area contributed by atoms with Gasteiger partial charge in [-0.25, -0.2) is 0 Å². The molecule has 0 aromatic carbocycles. The molecular weight excluding hydrogens is 254 g/mol. The van der Waals surface area contributed by atoms with Gasteiger partial charge < -0.3 is 5.11 Å². The molecule has 20 heavy (non-hydrogen) atoms. The van der Waals surface area contributed by atoms with Crippen molar-refractivity contribution in [3.8, 4) is 6.07 Å². The van der Waals surface area contributed by atoms with Crippen LogP contribution in [0, 0.1) is 23.2 Å². The molecule has 2 N–H and O–H groups in total. The van der Waals surface area contributed by atoms with E-state index in [4.69, 9.17) is 0 Å². The minimum Gasteiger partial charge on any atom is -0.480 e. The van der Waals surface area contributed by atoms with Crippen molar-refractivity contribution < 1.29 is 9.90 Å². The summed E-state index contributed by atoms with van der Waals surface area (Å²) in [7, 11) is 0. The number of carbonyl (C=O) groups is 1.